The fourth-order valence-corrected chi connectivity index (χ4v) is 5.49. The minimum absolute atomic E-state index is 0.350. The Morgan fingerprint density at radius 2 is 1.21 bits per heavy atom. The Bertz CT molecular complexity index is 1230. The van der Waals surface area contributed by atoms with E-state index in [9.17, 15) is 18.0 Å². The van der Waals surface area contributed by atoms with E-state index in [2.05, 4.69) is 61.2 Å². The first-order valence-electron chi connectivity index (χ1n) is 16.2. The molecule has 5 heteroatoms. The lowest BCUT2D eigenvalue weighted by molar-refractivity contribution is -0.0885. The normalized spacial score (nSPS) is 11.7. The van der Waals surface area contributed by atoms with Crippen LogP contribution in [0, 0.1) is 0 Å². The lowest BCUT2D eigenvalue weighted by Gasteiger charge is -2.29. The molecule has 43 heavy (non-hydrogen) atoms. The Balaban J connectivity index is 1.89. The van der Waals surface area contributed by atoms with Crippen LogP contribution in [0.25, 0.3) is 23.3 Å². The summed E-state index contributed by atoms with van der Waals surface area (Å²) in [5.41, 5.74) is 4.97. The van der Waals surface area contributed by atoms with Crippen molar-refractivity contribution in [1.82, 2.24) is 0 Å². The van der Waals surface area contributed by atoms with E-state index in [1.807, 2.05) is 18.2 Å². The quantitative estimate of drug-likeness (QED) is 0.0785. The molecule has 3 rings (SSSR count). The van der Waals surface area contributed by atoms with Gasteiger partial charge in [-0.25, -0.2) is 0 Å². The summed E-state index contributed by atoms with van der Waals surface area (Å²) in [6, 6.07) is 22.4. The smallest absolute Gasteiger partial charge is 0.371 e. The van der Waals surface area contributed by atoms with E-state index in [4.69, 9.17) is 0 Å². The van der Waals surface area contributed by atoms with Crippen molar-refractivity contribution < 1.29 is 18.0 Å². The number of hydrogen-bond donors (Lipinski definition) is 0. The maximum absolute atomic E-state index is 12.8. The lowest BCUT2D eigenvalue weighted by Crippen LogP contribution is -2.26. The monoisotopic (exact) mass is 591 g/mol. The van der Waals surface area contributed by atoms with Crippen molar-refractivity contribution in [2.45, 2.75) is 97.1 Å². The molecular weight excluding hydrogens is 543 g/mol. The van der Waals surface area contributed by atoms with E-state index in [0.29, 0.717) is 0 Å². The van der Waals surface area contributed by atoms with Crippen LogP contribution in [-0.2, 0) is 0 Å². The first-order valence-corrected chi connectivity index (χ1v) is 16.2. The second kappa shape index (κ2) is 18.4. The predicted octanol–water partition coefficient (Wildman–Crippen LogP) is 11.8. The van der Waals surface area contributed by atoms with Crippen molar-refractivity contribution in [2.75, 3.05) is 18.0 Å². The highest BCUT2D eigenvalue weighted by Crippen LogP contribution is 2.36. The highest BCUT2D eigenvalue weighted by Gasteiger charge is 2.39. The van der Waals surface area contributed by atoms with Gasteiger partial charge in [0.1, 0.15) is 0 Å². The van der Waals surface area contributed by atoms with Gasteiger partial charge in [-0.2, -0.15) is 13.2 Å². The SMILES string of the molecule is CCCCCCCCN(CCCCCCCC)c1cccc(C=Cc2ccc(C(=O)C(F)(F)F)cc2)c1-c1ccccc1. The molecular formula is C38H48F3NO. The average Bonchev–Trinajstić information content (AvgIpc) is 3.02. The molecule has 0 N–H and O–H groups in total. The number of carbonyl (C=O) groups excluding carboxylic acids is 1. The van der Waals surface area contributed by atoms with E-state index in [0.717, 1.165) is 42.6 Å². The zero-order chi connectivity index (χ0) is 30.9. The second-order valence-electron chi connectivity index (χ2n) is 11.4. The van der Waals surface area contributed by atoms with Crippen LogP contribution in [0.5, 0.6) is 0 Å². The number of hydrogen-bond acceptors (Lipinski definition) is 2. The summed E-state index contributed by atoms with van der Waals surface area (Å²) in [7, 11) is 0. The van der Waals surface area contributed by atoms with Gasteiger partial charge in [0.05, 0.1) is 0 Å². The van der Waals surface area contributed by atoms with E-state index in [-0.39, 0.29) is 5.56 Å². The Morgan fingerprint density at radius 3 is 1.77 bits per heavy atom. The van der Waals surface area contributed by atoms with Gasteiger partial charge in [-0.3, -0.25) is 4.79 Å². The number of carbonyl (C=O) groups is 1. The predicted molar refractivity (Wildman–Crippen MR) is 177 cm³/mol. The van der Waals surface area contributed by atoms with Gasteiger partial charge < -0.3 is 4.90 Å². The van der Waals surface area contributed by atoms with Crippen molar-refractivity contribution in [3.05, 3.63) is 89.5 Å². The highest BCUT2D eigenvalue weighted by atomic mass is 19.4. The van der Waals surface area contributed by atoms with Gasteiger partial charge in [-0.15, -0.1) is 0 Å². The number of alkyl halides is 3. The molecule has 0 bridgehead atoms. The molecule has 2 nitrogen and oxygen atoms in total. The minimum atomic E-state index is -4.88. The third-order valence-corrected chi connectivity index (χ3v) is 7.93. The molecule has 0 aliphatic carbocycles. The fourth-order valence-electron chi connectivity index (χ4n) is 5.49. The number of anilines is 1. The standard InChI is InChI=1S/C38H48F3NO/c1-3-5-7-9-11-16-29-42(30-17-12-10-8-6-4-2)35-22-18-21-33(36(35)32-19-14-13-15-20-32)26-23-31-24-27-34(28-25-31)37(43)38(39,40)41/h13-15,18-28H,3-12,16-17,29-30H2,1-2H3. The Kier molecular flexibility index (Phi) is 14.6. The highest BCUT2D eigenvalue weighted by molar-refractivity contribution is 6.00. The van der Waals surface area contributed by atoms with Crippen LogP contribution < -0.4 is 4.90 Å². The Labute approximate surface area is 257 Å². The van der Waals surface area contributed by atoms with Crippen LogP contribution in [0.1, 0.15) is 112 Å². The van der Waals surface area contributed by atoms with Crippen molar-refractivity contribution in [1.29, 1.82) is 0 Å². The lowest BCUT2D eigenvalue weighted by atomic mass is 9.95. The van der Waals surface area contributed by atoms with Crippen molar-refractivity contribution in [2.24, 2.45) is 0 Å². The molecule has 0 aliphatic rings. The summed E-state index contributed by atoms with van der Waals surface area (Å²) in [4.78, 5) is 14.2. The van der Waals surface area contributed by atoms with Gasteiger partial charge in [0.2, 0.25) is 0 Å². The topological polar surface area (TPSA) is 20.3 Å². The molecule has 0 amide bonds. The summed E-state index contributed by atoms with van der Waals surface area (Å²) in [6.07, 6.45) is 14.1. The Hall–Kier alpha value is -3.34. The third kappa shape index (κ3) is 11.3. The maximum Gasteiger partial charge on any atom is 0.454 e. The average molecular weight is 592 g/mol. The summed E-state index contributed by atoms with van der Waals surface area (Å²) in [5, 5.41) is 0. The number of ketones is 1. The van der Waals surface area contributed by atoms with E-state index in [1.54, 1.807) is 12.1 Å². The molecule has 0 radical (unpaired) electrons. The Morgan fingerprint density at radius 1 is 0.651 bits per heavy atom. The molecule has 0 aromatic heterocycles. The molecule has 0 aliphatic heterocycles. The molecule has 0 fully saturated rings. The molecule has 0 saturated heterocycles. The summed E-state index contributed by atoms with van der Waals surface area (Å²) < 4.78 is 38.5. The molecule has 0 unspecified atom stereocenters. The van der Waals surface area contributed by atoms with E-state index < -0.39 is 12.0 Å². The number of Topliss-reactive ketones (excluding diaryl/α,β-unsaturated/α-hetero) is 1. The van der Waals surface area contributed by atoms with Gasteiger partial charge in [0.15, 0.2) is 0 Å². The van der Waals surface area contributed by atoms with Crippen LogP contribution in [-0.4, -0.2) is 25.0 Å². The zero-order valence-corrected chi connectivity index (χ0v) is 26.0. The fraction of sp³-hybridized carbons (Fsp3) is 0.447. The third-order valence-electron chi connectivity index (χ3n) is 7.93. The number of nitrogens with zero attached hydrogens (tertiary/aromatic N) is 1. The number of benzene rings is 3. The van der Waals surface area contributed by atoms with Crippen LogP contribution in [0.3, 0.4) is 0 Å². The molecule has 0 saturated carbocycles. The van der Waals surface area contributed by atoms with Gasteiger partial charge in [0, 0.05) is 29.9 Å². The summed E-state index contributed by atoms with van der Waals surface area (Å²) >= 11 is 0. The largest absolute Gasteiger partial charge is 0.454 e. The molecule has 0 atom stereocenters. The first kappa shape index (κ1) is 34.2. The second-order valence-corrected chi connectivity index (χ2v) is 11.4. The molecule has 3 aromatic carbocycles. The van der Waals surface area contributed by atoms with Gasteiger partial charge in [-0.05, 0) is 35.6 Å². The van der Waals surface area contributed by atoms with Crippen LogP contribution >= 0.6 is 0 Å². The number of halogens is 3. The van der Waals surface area contributed by atoms with Crippen LogP contribution in [0.15, 0.2) is 72.8 Å². The van der Waals surface area contributed by atoms with Crippen LogP contribution in [0.4, 0.5) is 18.9 Å². The van der Waals surface area contributed by atoms with Crippen molar-refractivity contribution in [3.63, 3.8) is 0 Å². The minimum Gasteiger partial charge on any atom is -0.371 e. The zero-order valence-electron chi connectivity index (χ0n) is 26.0. The van der Waals surface area contributed by atoms with E-state index >= 15 is 0 Å². The van der Waals surface area contributed by atoms with Gasteiger partial charge >= 0.3 is 6.18 Å². The molecule has 0 heterocycles. The van der Waals surface area contributed by atoms with Crippen LogP contribution in [0.2, 0.25) is 0 Å². The summed E-state index contributed by atoms with van der Waals surface area (Å²) in [5.74, 6) is -1.82. The number of rotatable bonds is 19. The molecule has 0 spiro atoms. The van der Waals surface area contributed by atoms with Crippen molar-refractivity contribution >= 4 is 23.6 Å². The number of unbranched alkanes of at least 4 members (excludes halogenated alkanes) is 10. The molecule has 3 aromatic rings. The van der Waals surface area contributed by atoms with Gasteiger partial charge in [0.25, 0.3) is 5.78 Å². The molecule has 232 valence electrons. The van der Waals surface area contributed by atoms with E-state index in [1.165, 1.54) is 87.6 Å². The maximum atomic E-state index is 12.8. The first-order chi connectivity index (χ1) is 20.8. The van der Waals surface area contributed by atoms with Crippen molar-refractivity contribution in [3.8, 4) is 11.1 Å². The van der Waals surface area contributed by atoms with Gasteiger partial charge in [-0.1, -0.05) is 157 Å². The summed E-state index contributed by atoms with van der Waals surface area (Å²) in [6.45, 7) is 6.53.